The molecule has 3 aromatic carbocycles. The lowest BCUT2D eigenvalue weighted by molar-refractivity contribution is -0.122. The Hall–Kier alpha value is -3.97. The number of ether oxygens (including phenoxy) is 1. The SMILES string of the molecule is O=C1NC(=O)N(c2ccc(Cl)cc2)C(=O)/C1=C/c1ccc(OCc2ccc(F)cc2)cc1. The van der Waals surface area contributed by atoms with Gasteiger partial charge in [-0.15, -0.1) is 0 Å². The van der Waals surface area contributed by atoms with Gasteiger partial charge in [-0.1, -0.05) is 35.9 Å². The molecule has 0 atom stereocenters. The predicted molar refractivity (Wildman–Crippen MR) is 118 cm³/mol. The van der Waals surface area contributed by atoms with Crippen LogP contribution in [0.25, 0.3) is 6.08 Å². The number of hydrogen-bond donors (Lipinski definition) is 1. The van der Waals surface area contributed by atoms with Crippen molar-refractivity contribution in [3.63, 3.8) is 0 Å². The van der Waals surface area contributed by atoms with Gasteiger partial charge < -0.3 is 4.74 Å². The summed E-state index contributed by atoms with van der Waals surface area (Å²) in [7, 11) is 0. The van der Waals surface area contributed by atoms with Crippen molar-refractivity contribution in [3.05, 3.63) is 100 Å². The fourth-order valence-electron chi connectivity index (χ4n) is 3.06. The summed E-state index contributed by atoms with van der Waals surface area (Å²) in [4.78, 5) is 38.3. The Bertz CT molecular complexity index is 1210. The smallest absolute Gasteiger partial charge is 0.335 e. The Morgan fingerprint density at radius 2 is 1.56 bits per heavy atom. The van der Waals surface area contributed by atoms with E-state index in [0.29, 0.717) is 22.0 Å². The zero-order valence-electron chi connectivity index (χ0n) is 16.5. The molecule has 1 heterocycles. The van der Waals surface area contributed by atoms with Gasteiger partial charge in [-0.3, -0.25) is 14.9 Å². The van der Waals surface area contributed by atoms with Crippen LogP contribution in [-0.4, -0.2) is 17.8 Å². The van der Waals surface area contributed by atoms with Gasteiger partial charge in [0.25, 0.3) is 11.8 Å². The van der Waals surface area contributed by atoms with Gasteiger partial charge in [0.15, 0.2) is 0 Å². The Morgan fingerprint density at radius 1 is 0.906 bits per heavy atom. The van der Waals surface area contributed by atoms with Gasteiger partial charge in [-0.25, -0.2) is 14.1 Å². The lowest BCUT2D eigenvalue weighted by atomic mass is 10.1. The molecule has 0 aliphatic carbocycles. The molecule has 0 radical (unpaired) electrons. The second-order valence-electron chi connectivity index (χ2n) is 6.92. The van der Waals surface area contributed by atoms with Crippen LogP contribution in [0.15, 0.2) is 78.4 Å². The highest BCUT2D eigenvalue weighted by molar-refractivity contribution is 6.39. The van der Waals surface area contributed by atoms with Gasteiger partial charge in [0.05, 0.1) is 5.69 Å². The molecule has 0 spiro atoms. The molecule has 0 unspecified atom stereocenters. The molecule has 1 N–H and O–H groups in total. The molecule has 0 aromatic heterocycles. The minimum Gasteiger partial charge on any atom is -0.489 e. The standard InChI is InChI=1S/C24H16ClFN2O4/c25-17-5-9-19(10-6-17)28-23(30)21(22(29)27-24(28)31)13-15-3-11-20(12-4-15)32-14-16-1-7-18(26)8-2-16/h1-13H,14H2,(H,27,29,31)/b21-13+. The first-order valence-electron chi connectivity index (χ1n) is 9.55. The van der Waals surface area contributed by atoms with E-state index in [1.54, 1.807) is 48.5 Å². The van der Waals surface area contributed by atoms with Crippen molar-refractivity contribution in [2.45, 2.75) is 6.61 Å². The number of rotatable bonds is 5. The first-order valence-corrected chi connectivity index (χ1v) is 9.93. The van der Waals surface area contributed by atoms with E-state index in [1.165, 1.54) is 30.3 Å². The lowest BCUT2D eigenvalue weighted by Gasteiger charge is -2.26. The molecular weight excluding hydrogens is 435 g/mol. The van der Waals surface area contributed by atoms with Crippen molar-refractivity contribution in [2.75, 3.05) is 4.90 Å². The highest BCUT2D eigenvalue weighted by atomic mass is 35.5. The number of imide groups is 2. The number of halogens is 2. The molecular formula is C24H16ClFN2O4. The minimum absolute atomic E-state index is 0.181. The van der Waals surface area contributed by atoms with Gasteiger partial charge in [-0.05, 0) is 65.7 Å². The fraction of sp³-hybridized carbons (Fsp3) is 0.0417. The van der Waals surface area contributed by atoms with Gasteiger partial charge in [0, 0.05) is 5.02 Å². The van der Waals surface area contributed by atoms with Crippen LogP contribution < -0.4 is 15.0 Å². The van der Waals surface area contributed by atoms with Crippen molar-refractivity contribution in [1.29, 1.82) is 0 Å². The average molecular weight is 451 g/mol. The first kappa shape index (κ1) is 21.3. The number of barbiturate groups is 1. The highest BCUT2D eigenvalue weighted by Gasteiger charge is 2.36. The van der Waals surface area contributed by atoms with Crippen LogP contribution in [0.2, 0.25) is 5.02 Å². The van der Waals surface area contributed by atoms with Crippen LogP contribution in [0.1, 0.15) is 11.1 Å². The maximum absolute atomic E-state index is 13.0. The van der Waals surface area contributed by atoms with Crippen LogP contribution >= 0.6 is 11.6 Å². The quantitative estimate of drug-likeness (QED) is 0.450. The zero-order valence-corrected chi connectivity index (χ0v) is 17.3. The van der Waals surface area contributed by atoms with Crippen LogP contribution in [0, 0.1) is 5.82 Å². The molecule has 1 aliphatic rings. The van der Waals surface area contributed by atoms with E-state index >= 15 is 0 Å². The van der Waals surface area contributed by atoms with E-state index in [0.717, 1.165) is 10.5 Å². The van der Waals surface area contributed by atoms with E-state index in [9.17, 15) is 18.8 Å². The number of anilines is 1. The minimum atomic E-state index is -0.830. The van der Waals surface area contributed by atoms with Gasteiger partial charge in [0.2, 0.25) is 0 Å². The third-order valence-corrected chi connectivity index (χ3v) is 4.95. The lowest BCUT2D eigenvalue weighted by Crippen LogP contribution is -2.54. The maximum atomic E-state index is 13.0. The second kappa shape index (κ2) is 9.03. The van der Waals surface area contributed by atoms with E-state index in [1.807, 2.05) is 0 Å². The third-order valence-electron chi connectivity index (χ3n) is 4.70. The summed E-state index contributed by atoms with van der Waals surface area (Å²) in [6.07, 6.45) is 1.40. The Morgan fingerprint density at radius 3 is 2.22 bits per heavy atom. The van der Waals surface area contributed by atoms with Crippen LogP contribution in [0.3, 0.4) is 0 Å². The number of hydrogen-bond acceptors (Lipinski definition) is 4. The summed E-state index contributed by atoms with van der Waals surface area (Å²) in [5.41, 5.74) is 1.50. The molecule has 0 bridgehead atoms. The number of benzene rings is 3. The van der Waals surface area contributed by atoms with Crippen molar-refractivity contribution < 1.29 is 23.5 Å². The van der Waals surface area contributed by atoms with E-state index in [2.05, 4.69) is 5.32 Å². The van der Waals surface area contributed by atoms with Crippen LogP contribution in [0.5, 0.6) is 5.75 Å². The topological polar surface area (TPSA) is 75.7 Å². The van der Waals surface area contributed by atoms with E-state index in [-0.39, 0.29) is 18.0 Å². The number of nitrogens with zero attached hydrogens (tertiary/aromatic N) is 1. The van der Waals surface area contributed by atoms with Crippen molar-refractivity contribution in [3.8, 4) is 5.75 Å². The number of nitrogens with one attached hydrogen (secondary N) is 1. The number of urea groups is 1. The summed E-state index contributed by atoms with van der Waals surface area (Å²) < 4.78 is 18.6. The van der Waals surface area contributed by atoms with Crippen molar-refractivity contribution in [2.24, 2.45) is 0 Å². The van der Waals surface area contributed by atoms with Crippen molar-refractivity contribution >= 4 is 41.2 Å². The van der Waals surface area contributed by atoms with Gasteiger partial charge in [-0.2, -0.15) is 0 Å². The zero-order chi connectivity index (χ0) is 22.7. The molecule has 0 saturated carbocycles. The number of carbonyl (C=O) groups is 3. The molecule has 160 valence electrons. The normalized spacial score (nSPS) is 15.1. The Kier molecular flexibility index (Phi) is 6.00. The van der Waals surface area contributed by atoms with Gasteiger partial charge in [0.1, 0.15) is 23.7 Å². The molecule has 32 heavy (non-hydrogen) atoms. The van der Waals surface area contributed by atoms with Crippen molar-refractivity contribution in [1.82, 2.24) is 5.32 Å². The Balaban J connectivity index is 1.50. The third kappa shape index (κ3) is 4.68. The van der Waals surface area contributed by atoms with E-state index in [4.69, 9.17) is 16.3 Å². The highest BCUT2D eigenvalue weighted by Crippen LogP contribution is 2.24. The summed E-state index contributed by atoms with van der Waals surface area (Å²) >= 11 is 5.86. The molecule has 4 rings (SSSR count). The second-order valence-corrected chi connectivity index (χ2v) is 7.35. The molecule has 6 nitrogen and oxygen atoms in total. The summed E-state index contributed by atoms with van der Waals surface area (Å²) in [5, 5.41) is 2.62. The Labute approximate surface area is 187 Å². The summed E-state index contributed by atoms with van der Waals surface area (Å²) in [5.74, 6) is -1.27. The maximum Gasteiger partial charge on any atom is 0.335 e. The number of amides is 4. The summed E-state index contributed by atoms with van der Waals surface area (Å²) in [6, 6.07) is 18.0. The van der Waals surface area contributed by atoms with Gasteiger partial charge >= 0.3 is 6.03 Å². The molecule has 8 heteroatoms. The molecule has 1 fully saturated rings. The average Bonchev–Trinajstić information content (AvgIpc) is 2.78. The van der Waals surface area contributed by atoms with Crippen LogP contribution in [0.4, 0.5) is 14.9 Å². The summed E-state index contributed by atoms with van der Waals surface area (Å²) in [6.45, 7) is 0.264. The number of carbonyl (C=O) groups excluding carboxylic acids is 3. The monoisotopic (exact) mass is 450 g/mol. The largest absolute Gasteiger partial charge is 0.489 e. The molecule has 4 amide bonds. The predicted octanol–water partition coefficient (Wildman–Crippen LogP) is 4.72. The van der Waals surface area contributed by atoms with Crippen LogP contribution in [-0.2, 0) is 16.2 Å². The fourth-order valence-corrected chi connectivity index (χ4v) is 3.18. The first-order chi connectivity index (χ1) is 15.4. The van der Waals surface area contributed by atoms with E-state index < -0.39 is 17.8 Å². The molecule has 1 saturated heterocycles. The molecule has 3 aromatic rings. The molecule has 1 aliphatic heterocycles.